The fourth-order valence-electron chi connectivity index (χ4n) is 2.70. The van der Waals surface area contributed by atoms with E-state index in [0.29, 0.717) is 5.92 Å². The van der Waals surface area contributed by atoms with E-state index in [2.05, 4.69) is 10.6 Å². The normalized spacial score (nSPS) is 25.6. The second-order valence-corrected chi connectivity index (χ2v) is 5.48. The number of benzene rings is 1. The van der Waals surface area contributed by atoms with E-state index in [9.17, 15) is 9.18 Å². The Labute approximate surface area is 117 Å². The molecule has 3 rings (SSSR count). The van der Waals surface area contributed by atoms with Gasteiger partial charge in [-0.1, -0.05) is 12.1 Å². The van der Waals surface area contributed by atoms with Crippen molar-refractivity contribution in [3.05, 3.63) is 30.1 Å². The molecule has 0 radical (unpaired) electrons. The van der Waals surface area contributed by atoms with Crippen molar-refractivity contribution in [1.29, 1.82) is 0 Å². The predicted molar refractivity (Wildman–Crippen MR) is 73.9 cm³/mol. The van der Waals surface area contributed by atoms with Crippen LogP contribution in [0, 0.1) is 11.7 Å². The summed E-state index contributed by atoms with van der Waals surface area (Å²) >= 11 is 0. The van der Waals surface area contributed by atoms with Crippen LogP contribution in [0.2, 0.25) is 0 Å². The van der Waals surface area contributed by atoms with E-state index < -0.39 is 5.82 Å². The third-order valence-corrected chi connectivity index (χ3v) is 3.90. The van der Waals surface area contributed by atoms with Gasteiger partial charge in [0.2, 0.25) is 5.91 Å². The van der Waals surface area contributed by atoms with Crippen LogP contribution in [0.1, 0.15) is 19.3 Å². The number of halogens is 1. The first-order valence-corrected chi connectivity index (χ1v) is 7.13. The van der Waals surface area contributed by atoms with Gasteiger partial charge >= 0.3 is 0 Å². The van der Waals surface area contributed by atoms with E-state index in [1.165, 1.54) is 18.9 Å². The topological polar surface area (TPSA) is 50.4 Å². The highest BCUT2D eigenvalue weighted by Crippen LogP contribution is 2.38. The van der Waals surface area contributed by atoms with Gasteiger partial charge in [0.25, 0.3) is 0 Å². The molecule has 0 bridgehead atoms. The van der Waals surface area contributed by atoms with Crippen LogP contribution in [0.3, 0.4) is 0 Å². The van der Waals surface area contributed by atoms with Gasteiger partial charge in [-0.15, -0.1) is 0 Å². The second kappa shape index (κ2) is 5.89. The van der Waals surface area contributed by atoms with E-state index in [1.54, 1.807) is 18.2 Å². The molecule has 20 heavy (non-hydrogen) atoms. The summed E-state index contributed by atoms with van der Waals surface area (Å²) in [4.78, 5) is 11.8. The van der Waals surface area contributed by atoms with Crippen molar-refractivity contribution >= 4 is 11.6 Å². The number of carbonyl (C=O) groups is 1. The van der Waals surface area contributed by atoms with Gasteiger partial charge in [0.1, 0.15) is 5.82 Å². The molecule has 0 aromatic heterocycles. The van der Waals surface area contributed by atoms with Crippen LogP contribution in [0.5, 0.6) is 0 Å². The summed E-state index contributed by atoms with van der Waals surface area (Å²) in [6, 6.07) is 6.42. The number of hydrogen-bond acceptors (Lipinski definition) is 3. The Bertz CT molecular complexity index is 491. The molecule has 1 aliphatic heterocycles. The fraction of sp³-hybridized carbons (Fsp3) is 0.533. The first-order chi connectivity index (χ1) is 9.74. The summed E-state index contributed by atoms with van der Waals surface area (Å²) in [5.74, 6) is 0.0158. The largest absolute Gasteiger partial charge is 0.376 e. The Morgan fingerprint density at radius 2 is 2.10 bits per heavy atom. The summed E-state index contributed by atoms with van der Waals surface area (Å²) in [5, 5.41) is 5.81. The van der Waals surface area contributed by atoms with Crippen LogP contribution in [0.4, 0.5) is 10.1 Å². The summed E-state index contributed by atoms with van der Waals surface area (Å²) in [7, 11) is 0. The minimum absolute atomic E-state index is 0.186. The summed E-state index contributed by atoms with van der Waals surface area (Å²) in [6.45, 7) is 0.944. The molecule has 2 N–H and O–H groups in total. The molecule has 4 nitrogen and oxygen atoms in total. The third-order valence-electron chi connectivity index (χ3n) is 3.90. The lowest BCUT2D eigenvalue weighted by molar-refractivity contribution is -0.115. The lowest BCUT2D eigenvalue weighted by atomic mass is 10.1. The minimum Gasteiger partial charge on any atom is -0.376 e. The Kier molecular flexibility index (Phi) is 3.98. The number of para-hydroxylation sites is 1. The Morgan fingerprint density at radius 1 is 1.30 bits per heavy atom. The zero-order valence-corrected chi connectivity index (χ0v) is 11.3. The number of anilines is 1. The monoisotopic (exact) mass is 278 g/mol. The Hall–Kier alpha value is -1.46. The van der Waals surface area contributed by atoms with Crippen LogP contribution in [0.15, 0.2) is 24.3 Å². The van der Waals surface area contributed by atoms with Crippen molar-refractivity contribution in [2.75, 3.05) is 18.5 Å². The molecule has 1 amide bonds. The van der Waals surface area contributed by atoms with Gasteiger partial charge in [-0.25, -0.2) is 4.39 Å². The summed E-state index contributed by atoms with van der Waals surface area (Å²) in [5.41, 5.74) is 0.223. The smallest absolute Gasteiger partial charge is 0.238 e. The van der Waals surface area contributed by atoms with Gasteiger partial charge in [0.15, 0.2) is 0 Å². The average Bonchev–Trinajstić information content (AvgIpc) is 3.18. The molecule has 5 heteroatoms. The van der Waals surface area contributed by atoms with Crippen molar-refractivity contribution in [3.8, 4) is 0 Å². The van der Waals surface area contributed by atoms with Crippen molar-refractivity contribution in [3.63, 3.8) is 0 Å². The van der Waals surface area contributed by atoms with Crippen LogP contribution in [0.25, 0.3) is 0 Å². The highest BCUT2D eigenvalue weighted by molar-refractivity contribution is 5.92. The fourth-order valence-corrected chi connectivity index (χ4v) is 2.70. The number of nitrogens with one attached hydrogen (secondary N) is 2. The molecule has 1 aromatic rings. The first kappa shape index (κ1) is 13.5. The molecular weight excluding hydrogens is 259 g/mol. The molecule has 108 valence electrons. The van der Waals surface area contributed by atoms with Crippen LogP contribution >= 0.6 is 0 Å². The second-order valence-electron chi connectivity index (χ2n) is 5.48. The highest BCUT2D eigenvalue weighted by atomic mass is 19.1. The van der Waals surface area contributed by atoms with Gasteiger partial charge in [0, 0.05) is 12.6 Å². The maximum Gasteiger partial charge on any atom is 0.238 e. The zero-order valence-electron chi connectivity index (χ0n) is 11.3. The maximum absolute atomic E-state index is 13.4. The number of carbonyl (C=O) groups excluding carboxylic acids is 1. The SMILES string of the molecule is O=C(CNC1CCOC1C1CC1)Nc1ccccc1F. The van der Waals surface area contributed by atoms with E-state index in [1.807, 2.05) is 0 Å². The molecule has 2 unspecified atom stereocenters. The quantitative estimate of drug-likeness (QED) is 0.865. The molecule has 1 saturated carbocycles. The zero-order chi connectivity index (χ0) is 13.9. The predicted octanol–water partition coefficient (Wildman–Crippen LogP) is 1.92. The Morgan fingerprint density at radius 3 is 2.85 bits per heavy atom. The number of hydrogen-bond donors (Lipinski definition) is 2. The van der Waals surface area contributed by atoms with Gasteiger partial charge in [-0.2, -0.15) is 0 Å². The van der Waals surface area contributed by atoms with Crippen molar-refractivity contribution in [2.24, 2.45) is 5.92 Å². The highest BCUT2D eigenvalue weighted by Gasteiger charge is 2.40. The van der Waals surface area contributed by atoms with Crippen LogP contribution in [-0.2, 0) is 9.53 Å². The van der Waals surface area contributed by atoms with Gasteiger partial charge < -0.3 is 15.4 Å². The molecule has 2 aliphatic rings. The molecule has 1 aromatic carbocycles. The van der Waals surface area contributed by atoms with Crippen LogP contribution in [-0.4, -0.2) is 31.2 Å². The standard InChI is InChI=1S/C15H19FN2O2/c16-11-3-1-2-4-12(11)18-14(19)9-17-13-7-8-20-15(13)10-5-6-10/h1-4,10,13,15,17H,5-9H2,(H,18,19). The third kappa shape index (κ3) is 3.16. The van der Waals surface area contributed by atoms with Gasteiger partial charge in [0.05, 0.1) is 18.3 Å². The minimum atomic E-state index is -0.416. The van der Waals surface area contributed by atoms with Gasteiger partial charge in [-0.3, -0.25) is 4.79 Å². The van der Waals surface area contributed by atoms with E-state index in [-0.39, 0.29) is 30.3 Å². The number of amides is 1. The molecule has 0 spiro atoms. The maximum atomic E-state index is 13.4. The number of ether oxygens (including phenoxy) is 1. The summed E-state index contributed by atoms with van der Waals surface area (Å²) in [6.07, 6.45) is 3.64. The van der Waals surface area contributed by atoms with Crippen molar-refractivity contribution in [1.82, 2.24) is 5.32 Å². The van der Waals surface area contributed by atoms with Crippen molar-refractivity contribution < 1.29 is 13.9 Å². The molecule has 2 fully saturated rings. The lowest BCUT2D eigenvalue weighted by Crippen LogP contribution is -2.41. The molecular formula is C15H19FN2O2. The first-order valence-electron chi connectivity index (χ1n) is 7.13. The molecule has 1 aliphatic carbocycles. The summed E-state index contributed by atoms with van der Waals surface area (Å²) < 4.78 is 19.1. The Balaban J connectivity index is 1.48. The van der Waals surface area contributed by atoms with Crippen LogP contribution < -0.4 is 10.6 Å². The lowest BCUT2D eigenvalue weighted by Gasteiger charge is -2.19. The van der Waals surface area contributed by atoms with E-state index >= 15 is 0 Å². The average molecular weight is 278 g/mol. The van der Waals surface area contributed by atoms with Gasteiger partial charge in [-0.05, 0) is 37.3 Å². The van der Waals surface area contributed by atoms with Crippen molar-refractivity contribution in [2.45, 2.75) is 31.4 Å². The molecule has 2 atom stereocenters. The number of rotatable bonds is 5. The van der Waals surface area contributed by atoms with E-state index in [0.717, 1.165) is 13.0 Å². The van der Waals surface area contributed by atoms with E-state index in [4.69, 9.17) is 4.74 Å². The molecule has 1 saturated heterocycles. The molecule has 1 heterocycles.